The fourth-order valence-electron chi connectivity index (χ4n) is 2.45. The molecule has 0 radical (unpaired) electrons. The van der Waals surface area contributed by atoms with Gasteiger partial charge in [-0.15, -0.1) is 0 Å². The number of hydrogen-bond donors (Lipinski definition) is 3. The minimum Gasteiger partial charge on any atom is -0.393 e. The zero-order valence-corrected chi connectivity index (χ0v) is 10.1. The molecule has 94 valence electrons. The Morgan fingerprint density at radius 2 is 2.06 bits per heavy atom. The molecule has 0 spiro atoms. The molecule has 0 aliphatic carbocycles. The molecule has 17 heavy (non-hydrogen) atoms. The van der Waals surface area contributed by atoms with E-state index in [0.29, 0.717) is 0 Å². The molecule has 1 unspecified atom stereocenters. The second-order valence-electron chi connectivity index (χ2n) is 4.84. The minimum atomic E-state index is -0.747. The van der Waals surface area contributed by atoms with Crippen LogP contribution in [-0.4, -0.2) is 29.9 Å². The number of benzene rings is 1. The molecule has 1 heterocycles. The van der Waals surface area contributed by atoms with Gasteiger partial charge in [0.25, 0.3) is 0 Å². The van der Waals surface area contributed by atoms with Crippen molar-refractivity contribution in [3.63, 3.8) is 0 Å². The van der Waals surface area contributed by atoms with Gasteiger partial charge in [-0.25, -0.2) is 0 Å². The molecule has 0 amide bonds. The lowest BCUT2D eigenvalue weighted by Crippen LogP contribution is -2.28. The zero-order chi connectivity index (χ0) is 12.1. The third-order valence-corrected chi connectivity index (χ3v) is 3.49. The lowest BCUT2D eigenvalue weighted by Gasteiger charge is -2.22. The van der Waals surface area contributed by atoms with E-state index in [4.69, 9.17) is 5.11 Å². The fourth-order valence-corrected chi connectivity index (χ4v) is 2.45. The maximum Gasteiger partial charge on any atom is 0.102 e. The Balaban J connectivity index is 2.00. The van der Waals surface area contributed by atoms with Gasteiger partial charge >= 0.3 is 0 Å². The summed E-state index contributed by atoms with van der Waals surface area (Å²) in [5.74, 6) is 0.748. The number of piperidine rings is 1. The molecule has 1 aromatic rings. The molecule has 1 aromatic carbocycles. The molecule has 3 N–H and O–H groups in total. The van der Waals surface area contributed by atoms with E-state index in [-0.39, 0.29) is 6.61 Å². The highest BCUT2D eigenvalue weighted by molar-refractivity contribution is 5.25. The average molecular weight is 235 g/mol. The van der Waals surface area contributed by atoms with Crippen molar-refractivity contribution in [2.75, 3.05) is 19.7 Å². The molecule has 0 bridgehead atoms. The molecule has 3 nitrogen and oxygen atoms in total. The highest BCUT2D eigenvalue weighted by atomic mass is 16.3. The van der Waals surface area contributed by atoms with E-state index in [1.807, 2.05) is 18.2 Å². The van der Waals surface area contributed by atoms with Crippen molar-refractivity contribution in [1.29, 1.82) is 0 Å². The van der Waals surface area contributed by atoms with E-state index in [2.05, 4.69) is 11.4 Å². The van der Waals surface area contributed by atoms with E-state index in [0.717, 1.165) is 31.0 Å². The molecule has 3 heteroatoms. The Morgan fingerprint density at radius 3 is 2.76 bits per heavy atom. The summed E-state index contributed by atoms with van der Waals surface area (Å²) < 4.78 is 0. The molecule has 0 aromatic heterocycles. The van der Waals surface area contributed by atoms with Crippen LogP contribution >= 0.6 is 0 Å². The van der Waals surface area contributed by atoms with Crippen LogP contribution in [0.2, 0.25) is 0 Å². The first-order valence-electron chi connectivity index (χ1n) is 6.38. The van der Waals surface area contributed by atoms with Gasteiger partial charge < -0.3 is 15.5 Å². The first-order valence-corrected chi connectivity index (χ1v) is 6.38. The third-order valence-electron chi connectivity index (χ3n) is 3.49. The van der Waals surface area contributed by atoms with E-state index in [9.17, 15) is 5.11 Å². The van der Waals surface area contributed by atoms with E-state index in [1.165, 1.54) is 18.4 Å². The summed E-state index contributed by atoms with van der Waals surface area (Å²) in [5, 5.41) is 21.9. The van der Waals surface area contributed by atoms with Gasteiger partial charge in [-0.05, 0) is 49.4 Å². The summed E-state index contributed by atoms with van der Waals surface area (Å²) in [6, 6.07) is 7.95. The van der Waals surface area contributed by atoms with Gasteiger partial charge in [-0.1, -0.05) is 24.3 Å². The van der Waals surface area contributed by atoms with Crippen molar-refractivity contribution in [3.05, 3.63) is 35.4 Å². The Hall–Kier alpha value is -0.900. The van der Waals surface area contributed by atoms with Gasteiger partial charge in [-0.3, -0.25) is 0 Å². The summed E-state index contributed by atoms with van der Waals surface area (Å²) in [6.45, 7) is 2.02. The Labute approximate surface area is 102 Å². The fraction of sp³-hybridized carbons (Fsp3) is 0.571. The number of nitrogens with one attached hydrogen (secondary N) is 1. The van der Waals surface area contributed by atoms with Crippen molar-refractivity contribution >= 4 is 0 Å². The maximum absolute atomic E-state index is 9.60. The van der Waals surface area contributed by atoms with Crippen LogP contribution in [-0.2, 0) is 6.42 Å². The van der Waals surface area contributed by atoms with E-state index < -0.39 is 6.10 Å². The molecule has 1 aliphatic rings. The highest BCUT2D eigenvalue weighted by Gasteiger charge is 2.14. The summed E-state index contributed by atoms with van der Waals surface area (Å²) in [4.78, 5) is 0. The van der Waals surface area contributed by atoms with Crippen LogP contribution in [0.5, 0.6) is 0 Å². The van der Waals surface area contributed by atoms with Crippen LogP contribution in [0.3, 0.4) is 0 Å². The largest absolute Gasteiger partial charge is 0.393 e. The molecule has 2 rings (SSSR count). The summed E-state index contributed by atoms with van der Waals surface area (Å²) in [5.41, 5.74) is 2.08. The standard InChI is InChI=1S/C14H21NO2/c16-10-14(17)13-3-1-2-12(9-13)8-11-4-6-15-7-5-11/h1-3,9,11,14-17H,4-8,10H2. The smallest absolute Gasteiger partial charge is 0.102 e. The van der Waals surface area contributed by atoms with Gasteiger partial charge in [0.15, 0.2) is 0 Å². The lowest BCUT2D eigenvalue weighted by atomic mass is 9.90. The summed E-state index contributed by atoms with van der Waals surface area (Å²) in [6.07, 6.45) is 2.79. The molecular weight excluding hydrogens is 214 g/mol. The van der Waals surface area contributed by atoms with E-state index >= 15 is 0 Å². The number of hydrogen-bond acceptors (Lipinski definition) is 3. The second-order valence-corrected chi connectivity index (χ2v) is 4.84. The lowest BCUT2D eigenvalue weighted by molar-refractivity contribution is 0.0955. The van der Waals surface area contributed by atoms with Crippen LogP contribution < -0.4 is 5.32 Å². The van der Waals surface area contributed by atoms with Crippen molar-refractivity contribution in [2.45, 2.75) is 25.4 Å². The predicted molar refractivity (Wildman–Crippen MR) is 67.8 cm³/mol. The van der Waals surface area contributed by atoms with Crippen molar-refractivity contribution < 1.29 is 10.2 Å². The highest BCUT2D eigenvalue weighted by Crippen LogP contribution is 2.20. The zero-order valence-electron chi connectivity index (χ0n) is 10.1. The first-order chi connectivity index (χ1) is 8.29. The molecule has 1 saturated heterocycles. The van der Waals surface area contributed by atoms with Crippen LogP contribution in [0.4, 0.5) is 0 Å². The van der Waals surface area contributed by atoms with Crippen LogP contribution in [0.15, 0.2) is 24.3 Å². The predicted octanol–water partition coefficient (Wildman–Crippen LogP) is 1.25. The van der Waals surface area contributed by atoms with Gasteiger partial charge in [0, 0.05) is 0 Å². The molecule has 0 saturated carbocycles. The maximum atomic E-state index is 9.60. The summed E-state index contributed by atoms with van der Waals surface area (Å²) in [7, 11) is 0. The Bertz CT molecular complexity index is 348. The normalized spacial score (nSPS) is 19.2. The van der Waals surface area contributed by atoms with Crippen molar-refractivity contribution in [3.8, 4) is 0 Å². The molecule has 1 atom stereocenters. The van der Waals surface area contributed by atoms with Gasteiger partial charge in [0.1, 0.15) is 6.10 Å². The van der Waals surface area contributed by atoms with E-state index in [1.54, 1.807) is 0 Å². The molecule has 1 fully saturated rings. The van der Waals surface area contributed by atoms with Gasteiger partial charge in [-0.2, -0.15) is 0 Å². The number of rotatable bonds is 4. The number of aliphatic hydroxyl groups excluding tert-OH is 2. The van der Waals surface area contributed by atoms with Gasteiger partial charge in [0.2, 0.25) is 0 Å². The summed E-state index contributed by atoms with van der Waals surface area (Å²) >= 11 is 0. The number of aliphatic hydroxyl groups is 2. The van der Waals surface area contributed by atoms with Crippen molar-refractivity contribution in [2.24, 2.45) is 5.92 Å². The first kappa shape index (κ1) is 12.6. The molecular formula is C14H21NO2. The van der Waals surface area contributed by atoms with Crippen molar-refractivity contribution in [1.82, 2.24) is 5.32 Å². The third kappa shape index (κ3) is 3.53. The molecule has 1 aliphatic heterocycles. The SMILES string of the molecule is OCC(O)c1cccc(CC2CCNCC2)c1. The van der Waals surface area contributed by atoms with Crippen LogP contribution in [0.1, 0.15) is 30.1 Å². The van der Waals surface area contributed by atoms with Gasteiger partial charge in [0.05, 0.1) is 6.61 Å². The minimum absolute atomic E-state index is 0.212. The topological polar surface area (TPSA) is 52.5 Å². The quantitative estimate of drug-likeness (QED) is 0.736. The Morgan fingerprint density at radius 1 is 1.29 bits per heavy atom. The van der Waals surface area contributed by atoms with Crippen LogP contribution in [0.25, 0.3) is 0 Å². The van der Waals surface area contributed by atoms with Crippen LogP contribution in [0, 0.1) is 5.92 Å². The second kappa shape index (κ2) is 6.15. The Kier molecular flexibility index (Phi) is 4.54. The average Bonchev–Trinajstić information content (AvgIpc) is 2.39. The monoisotopic (exact) mass is 235 g/mol.